The predicted octanol–water partition coefficient (Wildman–Crippen LogP) is 2.28. The minimum absolute atomic E-state index is 0.169. The van der Waals surface area contributed by atoms with E-state index < -0.39 is 10.2 Å². The number of likely N-dealkylation sites (tertiary alicyclic amines) is 1. The van der Waals surface area contributed by atoms with Crippen LogP contribution in [0.4, 0.5) is 5.69 Å². The molecule has 2 fully saturated rings. The second-order valence-electron chi connectivity index (χ2n) is 6.90. The van der Waals surface area contributed by atoms with Gasteiger partial charge in [0.1, 0.15) is 0 Å². The van der Waals surface area contributed by atoms with Crippen molar-refractivity contribution in [3.63, 3.8) is 0 Å². The van der Waals surface area contributed by atoms with Crippen molar-refractivity contribution in [2.45, 2.75) is 12.5 Å². The van der Waals surface area contributed by atoms with Crippen molar-refractivity contribution < 1.29 is 13.2 Å². The molecule has 2 aliphatic rings. The number of hydrogen-bond acceptors (Lipinski definition) is 5. The summed E-state index contributed by atoms with van der Waals surface area (Å²) in [6, 6.07) is 15.2. The molecule has 0 amide bonds. The Morgan fingerprint density at radius 1 is 1.07 bits per heavy atom. The first-order valence-electron chi connectivity index (χ1n) is 9.23. The predicted molar refractivity (Wildman–Crippen MR) is 107 cm³/mol. The molecule has 0 aliphatic carbocycles. The second-order valence-corrected chi connectivity index (χ2v) is 8.71. The number of ether oxygens (including phenoxy) is 1. The van der Waals surface area contributed by atoms with E-state index in [0.717, 1.165) is 11.1 Å². The molecule has 7 nitrogen and oxygen atoms in total. The molecule has 4 rings (SSSR count). The van der Waals surface area contributed by atoms with Crippen molar-refractivity contribution in [2.75, 3.05) is 37.6 Å². The summed E-state index contributed by atoms with van der Waals surface area (Å²) in [5, 5.41) is 9.07. The lowest BCUT2D eigenvalue weighted by atomic mass is 10.0. The highest BCUT2D eigenvalue weighted by atomic mass is 32.2. The molecule has 0 saturated carbocycles. The molecule has 28 heavy (non-hydrogen) atoms. The number of hydrogen-bond donors (Lipinski definition) is 0. The summed E-state index contributed by atoms with van der Waals surface area (Å²) < 4.78 is 35.2. The molecule has 0 bridgehead atoms. The quantitative estimate of drug-likeness (QED) is 0.739. The Labute approximate surface area is 165 Å². The van der Waals surface area contributed by atoms with Gasteiger partial charge in [0, 0.05) is 37.8 Å². The van der Waals surface area contributed by atoms with Crippen molar-refractivity contribution >= 4 is 15.9 Å². The van der Waals surface area contributed by atoms with Gasteiger partial charge in [-0.05, 0) is 18.1 Å². The maximum atomic E-state index is 13.3. The van der Waals surface area contributed by atoms with E-state index in [1.165, 1.54) is 8.61 Å². The van der Waals surface area contributed by atoms with Crippen LogP contribution in [0.25, 0.3) is 11.1 Å². The zero-order chi connectivity index (χ0) is 19.7. The van der Waals surface area contributed by atoms with Gasteiger partial charge in [0.05, 0.1) is 12.8 Å². The van der Waals surface area contributed by atoms with E-state index in [1.54, 1.807) is 18.1 Å². The van der Waals surface area contributed by atoms with Crippen LogP contribution < -0.4 is 9.04 Å². The van der Waals surface area contributed by atoms with Gasteiger partial charge in [-0.3, -0.25) is 4.31 Å². The summed E-state index contributed by atoms with van der Waals surface area (Å²) in [6.45, 7) is 1.82. The van der Waals surface area contributed by atoms with Crippen LogP contribution in [0.1, 0.15) is 6.42 Å². The van der Waals surface area contributed by atoms with Gasteiger partial charge in [0.15, 0.2) is 11.9 Å². The van der Waals surface area contributed by atoms with Crippen LogP contribution in [-0.4, -0.2) is 57.0 Å². The van der Waals surface area contributed by atoms with Crippen LogP contribution >= 0.6 is 0 Å². The fourth-order valence-electron chi connectivity index (χ4n) is 4.01. The third-order valence-corrected chi connectivity index (χ3v) is 7.37. The van der Waals surface area contributed by atoms with Crippen molar-refractivity contribution in [1.82, 2.24) is 9.21 Å². The average molecular weight is 398 g/mol. The standard InChI is InChI=1S/C20H22N4O3S/c1-27-20-18(16-6-3-2-4-7-16)8-5-9-19(20)24-13-12-23(28(24,25)26)17-10-11-22(14-17)15-21/h2-9,17H,10-14H2,1H3/t17-/m1/s1. The molecule has 8 heteroatoms. The summed E-state index contributed by atoms with van der Waals surface area (Å²) in [5.74, 6) is 0.546. The number of para-hydroxylation sites is 1. The molecule has 2 saturated heterocycles. The molecule has 146 valence electrons. The zero-order valence-electron chi connectivity index (χ0n) is 15.7. The molecular formula is C20H22N4O3S. The first-order chi connectivity index (χ1) is 13.6. The van der Waals surface area contributed by atoms with Crippen molar-refractivity contribution in [2.24, 2.45) is 0 Å². The molecule has 2 aromatic carbocycles. The topological polar surface area (TPSA) is 76.9 Å². The maximum Gasteiger partial charge on any atom is 0.304 e. The maximum absolute atomic E-state index is 13.3. The summed E-state index contributed by atoms with van der Waals surface area (Å²) in [4.78, 5) is 1.61. The lowest BCUT2D eigenvalue weighted by molar-refractivity contribution is 0.345. The number of methoxy groups -OCH3 is 1. The van der Waals surface area contributed by atoms with Crippen LogP contribution in [0.3, 0.4) is 0 Å². The van der Waals surface area contributed by atoms with Gasteiger partial charge in [0.2, 0.25) is 0 Å². The lowest BCUT2D eigenvalue weighted by Gasteiger charge is -2.25. The Balaban J connectivity index is 1.69. The Morgan fingerprint density at radius 3 is 2.54 bits per heavy atom. The van der Waals surface area contributed by atoms with Gasteiger partial charge in [-0.15, -0.1) is 0 Å². The zero-order valence-corrected chi connectivity index (χ0v) is 16.5. The van der Waals surface area contributed by atoms with Gasteiger partial charge in [-0.25, -0.2) is 0 Å². The van der Waals surface area contributed by atoms with Crippen molar-refractivity contribution in [3.05, 3.63) is 48.5 Å². The van der Waals surface area contributed by atoms with E-state index in [4.69, 9.17) is 10.00 Å². The van der Waals surface area contributed by atoms with Crippen LogP contribution in [0, 0.1) is 11.5 Å². The smallest absolute Gasteiger partial charge is 0.304 e. The first-order valence-corrected chi connectivity index (χ1v) is 10.6. The van der Waals surface area contributed by atoms with Gasteiger partial charge in [-0.1, -0.05) is 42.5 Å². The minimum atomic E-state index is -3.68. The Morgan fingerprint density at radius 2 is 1.86 bits per heavy atom. The molecule has 0 aromatic heterocycles. The molecule has 1 atom stereocenters. The third kappa shape index (κ3) is 3.07. The van der Waals surface area contributed by atoms with Crippen LogP contribution in [0.5, 0.6) is 5.75 Å². The molecule has 0 spiro atoms. The van der Waals surface area contributed by atoms with E-state index in [0.29, 0.717) is 44.0 Å². The fourth-order valence-corrected chi connectivity index (χ4v) is 5.83. The van der Waals surface area contributed by atoms with Gasteiger partial charge in [0.25, 0.3) is 0 Å². The van der Waals surface area contributed by atoms with Crippen LogP contribution in [0.15, 0.2) is 48.5 Å². The van der Waals surface area contributed by atoms with E-state index >= 15 is 0 Å². The Bertz CT molecular complexity index is 1000. The largest absolute Gasteiger partial charge is 0.494 e. The molecule has 2 aromatic rings. The normalized spacial score (nSPS) is 21.6. The Hall–Kier alpha value is -2.76. The van der Waals surface area contributed by atoms with E-state index in [2.05, 4.69) is 6.19 Å². The van der Waals surface area contributed by atoms with Crippen LogP contribution in [-0.2, 0) is 10.2 Å². The number of nitrogens with zero attached hydrogens (tertiary/aromatic N) is 4. The summed E-state index contributed by atoms with van der Waals surface area (Å²) in [6.07, 6.45) is 2.78. The highest BCUT2D eigenvalue weighted by Crippen LogP contribution is 2.41. The molecule has 0 N–H and O–H groups in total. The molecule has 2 heterocycles. The van der Waals surface area contributed by atoms with Crippen molar-refractivity contribution in [3.8, 4) is 23.1 Å². The van der Waals surface area contributed by atoms with Crippen molar-refractivity contribution in [1.29, 1.82) is 5.26 Å². The molecule has 0 radical (unpaired) electrons. The number of benzene rings is 2. The highest BCUT2D eigenvalue weighted by Gasteiger charge is 2.44. The number of rotatable bonds is 4. The molecule has 0 unspecified atom stereocenters. The first kappa shape index (κ1) is 18.6. The van der Waals surface area contributed by atoms with E-state index in [1.807, 2.05) is 42.5 Å². The minimum Gasteiger partial charge on any atom is -0.494 e. The summed E-state index contributed by atoms with van der Waals surface area (Å²) >= 11 is 0. The highest BCUT2D eigenvalue weighted by molar-refractivity contribution is 7.90. The van der Waals surface area contributed by atoms with Gasteiger partial charge >= 0.3 is 10.2 Å². The monoisotopic (exact) mass is 398 g/mol. The molecule has 2 aliphatic heterocycles. The second kappa shape index (κ2) is 7.34. The summed E-state index contributed by atoms with van der Waals surface area (Å²) in [7, 11) is -2.11. The van der Waals surface area contributed by atoms with E-state index in [-0.39, 0.29) is 6.04 Å². The SMILES string of the molecule is COc1c(-c2ccccc2)cccc1N1CCN([C@@H]2CCN(C#N)C2)S1(=O)=O. The number of nitriles is 1. The van der Waals surface area contributed by atoms with E-state index in [9.17, 15) is 8.42 Å². The Kier molecular flexibility index (Phi) is 4.87. The lowest BCUT2D eigenvalue weighted by Crippen LogP contribution is -2.41. The van der Waals surface area contributed by atoms with Crippen LogP contribution in [0.2, 0.25) is 0 Å². The van der Waals surface area contributed by atoms with Gasteiger partial charge in [-0.2, -0.15) is 18.0 Å². The third-order valence-electron chi connectivity index (χ3n) is 5.36. The summed E-state index contributed by atoms with van der Waals surface area (Å²) in [5.41, 5.74) is 2.36. The average Bonchev–Trinajstić information content (AvgIpc) is 3.31. The number of anilines is 1. The molecular weight excluding hydrogens is 376 g/mol. The fraction of sp³-hybridized carbons (Fsp3) is 0.350. The van der Waals surface area contributed by atoms with Gasteiger partial charge < -0.3 is 9.64 Å².